The molecule has 0 bridgehead atoms. The second kappa shape index (κ2) is 6.01. The van der Waals surface area contributed by atoms with Gasteiger partial charge in [-0.2, -0.15) is 9.78 Å². The minimum absolute atomic E-state index is 0.596. The second-order valence-electron chi connectivity index (χ2n) is 6.37. The molecule has 1 aliphatic carbocycles. The molecule has 0 amide bonds. The van der Waals surface area contributed by atoms with E-state index in [0.717, 1.165) is 49.4 Å². The summed E-state index contributed by atoms with van der Waals surface area (Å²) in [5.41, 5.74) is 0. The zero-order chi connectivity index (χ0) is 15.8. The summed E-state index contributed by atoms with van der Waals surface area (Å²) >= 11 is 5.62. The Morgan fingerprint density at radius 1 is 1.22 bits per heavy atom. The first kappa shape index (κ1) is 14.8. The Kier molecular flexibility index (Phi) is 3.86. The quantitative estimate of drug-likeness (QED) is 0.811. The summed E-state index contributed by atoms with van der Waals surface area (Å²) in [6.45, 7) is 6.95. The molecule has 0 radical (unpaired) electrons. The predicted molar refractivity (Wildman–Crippen MR) is 89.0 cm³/mol. The molecule has 8 heteroatoms. The topological polar surface area (TPSA) is 56.2 Å². The molecule has 7 nitrogen and oxygen atoms in total. The van der Waals surface area contributed by atoms with Crippen LogP contribution in [0.1, 0.15) is 24.7 Å². The van der Waals surface area contributed by atoms with Gasteiger partial charge in [-0.3, -0.25) is 0 Å². The van der Waals surface area contributed by atoms with E-state index in [0.29, 0.717) is 6.04 Å². The fourth-order valence-electron chi connectivity index (χ4n) is 3.23. The summed E-state index contributed by atoms with van der Waals surface area (Å²) < 4.78 is 5.11. The molecule has 0 spiro atoms. The Labute approximate surface area is 140 Å². The van der Waals surface area contributed by atoms with Gasteiger partial charge in [0.1, 0.15) is 5.82 Å². The minimum atomic E-state index is 0.596. The number of nitrogens with zero attached hydrogens (tertiary/aromatic N) is 6. The molecule has 2 fully saturated rings. The molecule has 0 aromatic carbocycles. The molecular formula is C15H22N7S+. The lowest BCUT2D eigenvalue weighted by molar-refractivity contribution is -0.924. The van der Waals surface area contributed by atoms with E-state index >= 15 is 0 Å². The monoisotopic (exact) mass is 332 g/mol. The standard InChI is InChI=1S/C15H21N7S/c1-12-18-21(15(23)22(12)13-3-4-13)11-19-7-9-20(10-8-19)14-16-5-2-6-17-14/h2,5-6,13H,3-4,7-11H2,1H3/p+1. The van der Waals surface area contributed by atoms with Crippen molar-refractivity contribution in [2.75, 3.05) is 31.1 Å². The lowest BCUT2D eigenvalue weighted by Gasteiger charge is -2.31. The highest BCUT2D eigenvalue weighted by molar-refractivity contribution is 7.71. The number of aryl methyl sites for hydroxylation is 1. The van der Waals surface area contributed by atoms with Gasteiger partial charge in [0.25, 0.3) is 0 Å². The summed E-state index contributed by atoms with van der Waals surface area (Å²) in [6.07, 6.45) is 6.08. The van der Waals surface area contributed by atoms with Crippen molar-refractivity contribution in [1.29, 1.82) is 0 Å². The van der Waals surface area contributed by atoms with Crippen LogP contribution < -0.4 is 9.80 Å². The molecule has 1 saturated heterocycles. The van der Waals surface area contributed by atoms with Crippen LogP contribution in [0, 0.1) is 11.7 Å². The SMILES string of the molecule is Cc1nn(C[NH+]2CCN(c3ncccn3)CC2)c(=S)n1C1CC1. The first-order valence-corrected chi connectivity index (χ1v) is 8.64. The molecule has 1 aliphatic heterocycles. The maximum Gasteiger partial charge on any atom is 0.225 e. The minimum Gasteiger partial charge on any atom is -0.330 e. The van der Waals surface area contributed by atoms with Crippen LogP contribution in [0.25, 0.3) is 0 Å². The number of aromatic nitrogens is 5. The molecule has 23 heavy (non-hydrogen) atoms. The van der Waals surface area contributed by atoms with E-state index in [4.69, 9.17) is 12.2 Å². The largest absolute Gasteiger partial charge is 0.330 e. The van der Waals surface area contributed by atoms with E-state index in [-0.39, 0.29) is 0 Å². The van der Waals surface area contributed by atoms with Crippen molar-refractivity contribution in [2.24, 2.45) is 0 Å². The summed E-state index contributed by atoms with van der Waals surface area (Å²) in [5.74, 6) is 1.88. The van der Waals surface area contributed by atoms with Crippen LogP contribution in [0.3, 0.4) is 0 Å². The maximum absolute atomic E-state index is 5.62. The summed E-state index contributed by atoms with van der Waals surface area (Å²) in [4.78, 5) is 12.4. The molecule has 0 atom stereocenters. The van der Waals surface area contributed by atoms with Crippen molar-refractivity contribution < 1.29 is 4.90 Å². The van der Waals surface area contributed by atoms with E-state index in [1.807, 2.05) is 10.7 Å². The normalized spacial score (nSPS) is 19.3. The molecule has 0 unspecified atom stereocenters. The fraction of sp³-hybridized carbons (Fsp3) is 0.600. The van der Waals surface area contributed by atoms with E-state index in [9.17, 15) is 0 Å². The summed E-state index contributed by atoms with van der Waals surface area (Å²) in [7, 11) is 0. The third-order valence-corrected chi connectivity index (χ3v) is 5.04. The number of hydrogen-bond donors (Lipinski definition) is 1. The van der Waals surface area contributed by atoms with Gasteiger partial charge in [-0.05, 0) is 38.0 Å². The van der Waals surface area contributed by atoms with Gasteiger partial charge in [0.05, 0.1) is 26.2 Å². The van der Waals surface area contributed by atoms with Gasteiger partial charge in [0.15, 0.2) is 6.67 Å². The van der Waals surface area contributed by atoms with Gasteiger partial charge in [0.2, 0.25) is 10.7 Å². The van der Waals surface area contributed by atoms with Crippen LogP contribution in [0.4, 0.5) is 5.95 Å². The lowest BCUT2D eigenvalue weighted by atomic mass is 10.3. The first-order chi connectivity index (χ1) is 11.2. The van der Waals surface area contributed by atoms with Crippen molar-refractivity contribution in [3.8, 4) is 0 Å². The molecule has 1 saturated carbocycles. The highest BCUT2D eigenvalue weighted by Crippen LogP contribution is 2.35. The molecule has 4 rings (SSSR count). The zero-order valence-corrected chi connectivity index (χ0v) is 14.2. The van der Waals surface area contributed by atoms with E-state index in [2.05, 4.69) is 31.5 Å². The molecule has 2 aliphatic rings. The van der Waals surface area contributed by atoms with E-state index < -0.39 is 0 Å². The van der Waals surface area contributed by atoms with Gasteiger partial charge in [-0.1, -0.05) is 0 Å². The molecule has 122 valence electrons. The van der Waals surface area contributed by atoms with Crippen LogP contribution in [-0.4, -0.2) is 50.5 Å². The average molecular weight is 332 g/mol. The highest BCUT2D eigenvalue weighted by atomic mass is 32.1. The maximum atomic E-state index is 5.62. The van der Waals surface area contributed by atoms with Gasteiger partial charge in [0, 0.05) is 18.4 Å². The van der Waals surface area contributed by atoms with Gasteiger partial charge in [-0.25, -0.2) is 9.97 Å². The molecule has 1 N–H and O–H groups in total. The number of quaternary nitrogens is 1. The average Bonchev–Trinajstić information content (AvgIpc) is 3.36. The second-order valence-corrected chi connectivity index (χ2v) is 6.74. The fourth-order valence-corrected chi connectivity index (χ4v) is 3.62. The Hall–Kier alpha value is -1.80. The van der Waals surface area contributed by atoms with Crippen LogP contribution in [0.5, 0.6) is 0 Å². The number of rotatable bonds is 4. The molecule has 3 heterocycles. The Morgan fingerprint density at radius 2 is 1.91 bits per heavy atom. The van der Waals surface area contributed by atoms with E-state index in [1.165, 1.54) is 17.7 Å². The molecule has 2 aromatic rings. The number of nitrogens with one attached hydrogen (secondary N) is 1. The number of piperazine rings is 1. The Balaban J connectivity index is 1.40. The predicted octanol–water partition coefficient (Wildman–Crippen LogP) is 0.210. The van der Waals surface area contributed by atoms with Crippen molar-refractivity contribution in [3.05, 3.63) is 29.1 Å². The van der Waals surface area contributed by atoms with Crippen molar-refractivity contribution in [1.82, 2.24) is 24.3 Å². The van der Waals surface area contributed by atoms with Crippen LogP contribution in [0.15, 0.2) is 18.5 Å². The van der Waals surface area contributed by atoms with Gasteiger partial charge < -0.3 is 14.4 Å². The smallest absolute Gasteiger partial charge is 0.225 e. The Bertz CT molecular complexity index is 726. The number of anilines is 1. The lowest BCUT2D eigenvalue weighted by Crippen LogP contribution is -3.14. The van der Waals surface area contributed by atoms with Crippen LogP contribution in [0.2, 0.25) is 0 Å². The van der Waals surface area contributed by atoms with Gasteiger partial charge in [-0.15, -0.1) is 0 Å². The van der Waals surface area contributed by atoms with Crippen LogP contribution >= 0.6 is 12.2 Å². The number of hydrogen-bond acceptors (Lipinski definition) is 5. The third-order valence-electron chi connectivity index (χ3n) is 4.63. The summed E-state index contributed by atoms with van der Waals surface area (Å²) in [5, 5.41) is 4.66. The highest BCUT2D eigenvalue weighted by Gasteiger charge is 2.28. The zero-order valence-electron chi connectivity index (χ0n) is 13.4. The van der Waals surface area contributed by atoms with Crippen LogP contribution in [-0.2, 0) is 6.67 Å². The van der Waals surface area contributed by atoms with Crippen molar-refractivity contribution in [2.45, 2.75) is 32.5 Å². The molecule has 2 aromatic heterocycles. The van der Waals surface area contributed by atoms with Crippen molar-refractivity contribution >= 4 is 18.2 Å². The van der Waals surface area contributed by atoms with Gasteiger partial charge >= 0.3 is 0 Å². The van der Waals surface area contributed by atoms with E-state index in [1.54, 1.807) is 12.4 Å². The molecular weight excluding hydrogens is 310 g/mol. The van der Waals surface area contributed by atoms with Crippen molar-refractivity contribution in [3.63, 3.8) is 0 Å². The first-order valence-electron chi connectivity index (χ1n) is 8.24. The third kappa shape index (κ3) is 3.00. The Morgan fingerprint density at radius 3 is 2.57 bits per heavy atom. The summed E-state index contributed by atoms with van der Waals surface area (Å²) in [6, 6.07) is 2.45.